The van der Waals surface area contributed by atoms with Crippen LogP contribution in [0.15, 0.2) is 5.16 Å². The second kappa shape index (κ2) is 10.0. The highest BCUT2D eigenvalue weighted by molar-refractivity contribution is 5.56. The molecule has 0 spiro atoms. The van der Waals surface area contributed by atoms with Crippen LogP contribution < -0.4 is 0 Å². The van der Waals surface area contributed by atoms with Gasteiger partial charge in [0.2, 0.25) is 0 Å². The van der Waals surface area contributed by atoms with Gasteiger partial charge in [0, 0.05) is 19.1 Å². The first-order chi connectivity index (χ1) is 5.91. The number of rotatable bonds is 5. The van der Waals surface area contributed by atoms with E-state index in [1.54, 1.807) is 13.3 Å². The Morgan fingerprint density at radius 3 is 2.83 bits per heavy atom. The summed E-state index contributed by atoms with van der Waals surface area (Å²) < 4.78 is 0. The average molecular weight is 167 g/mol. The summed E-state index contributed by atoms with van der Waals surface area (Å²) in [5, 5.41) is 3.64. The number of hydrogen-bond acceptors (Lipinski definition) is 2. The van der Waals surface area contributed by atoms with Crippen LogP contribution in [0.3, 0.4) is 0 Å². The van der Waals surface area contributed by atoms with Crippen LogP contribution in [0, 0.1) is 11.8 Å². The molecule has 0 fully saturated rings. The van der Waals surface area contributed by atoms with Gasteiger partial charge in [-0.1, -0.05) is 12.1 Å². The SMILES string of the molecule is CCC#CCCCCC=NOC. The van der Waals surface area contributed by atoms with E-state index < -0.39 is 0 Å². The summed E-state index contributed by atoms with van der Waals surface area (Å²) in [6.07, 6.45) is 7.06. The molecule has 0 aliphatic rings. The molecular weight excluding hydrogens is 150 g/mol. The van der Waals surface area contributed by atoms with Gasteiger partial charge in [-0.25, -0.2) is 0 Å². The van der Waals surface area contributed by atoms with E-state index in [2.05, 4.69) is 28.8 Å². The fourth-order valence-corrected chi connectivity index (χ4v) is 0.790. The molecule has 0 N–H and O–H groups in total. The van der Waals surface area contributed by atoms with Gasteiger partial charge in [0.05, 0.1) is 0 Å². The smallest absolute Gasteiger partial charge is 0.106 e. The highest BCUT2D eigenvalue weighted by atomic mass is 16.6. The van der Waals surface area contributed by atoms with Crippen molar-refractivity contribution in [3.63, 3.8) is 0 Å². The van der Waals surface area contributed by atoms with Gasteiger partial charge in [-0.3, -0.25) is 0 Å². The van der Waals surface area contributed by atoms with Crippen LogP contribution in [0.1, 0.15) is 39.0 Å². The third kappa shape index (κ3) is 9.03. The van der Waals surface area contributed by atoms with E-state index in [4.69, 9.17) is 0 Å². The summed E-state index contributed by atoms with van der Waals surface area (Å²) in [7, 11) is 1.56. The van der Waals surface area contributed by atoms with Gasteiger partial charge < -0.3 is 4.84 Å². The van der Waals surface area contributed by atoms with Gasteiger partial charge in [0.25, 0.3) is 0 Å². The fraction of sp³-hybridized carbons (Fsp3) is 0.700. The lowest BCUT2D eigenvalue weighted by atomic mass is 10.2. The van der Waals surface area contributed by atoms with Crippen molar-refractivity contribution in [2.24, 2.45) is 5.16 Å². The monoisotopic (exact) mass is 167 g/mol. The summed E-state index contributed by atoms with van der Waals surface area (Å²) in [5.41, 5.74) is 0. The minimum Gasteiger partial charge on any atom is -0.399 e. The quantitative estimate of drug-likeness (QED) is 0.267. The highest BCUT2D eigenvalue weighted by Crippen LogP contribution is 1.96. The summed E-state index contributed by atoms with van der Waals surface area (Å²) in [6.45, 7) is 2.07. The minimum absolute atomic E-state index is 0.963. The van der Waals surface area contributed by atoms with Gasteiger partial charge in [0.15, 0.2) is 0 Å². The van der Waals surface area contributed by atoms with E-state index in [0.29, 0.717) is 0 Å². The first-order valence-electron chi connectivity index (χ1n) is 4.42. The Balaban J connectivity index is 3.05. The Kier molecular flexibility index (Phi) is 9.22. The molecule has 0 aromatic heterocycles. The van der Waals surface area contributed by atoms with Crippen molar-refractivity contribution >= 4 is 6.21 Å². The van der Waals surface area contributed by atoms with Crippen molar-refractivity contribution in [3.8, 4) is 11.8 Å². The Hall–Kier alpha value is -0.970. The van der Waals surface area contributed by atoms with Gasteiger partial charge >= 0.3 is 0 Å². The minimum atomic E-state index is 0.963. The second-order valence-electron chi connectivity index (χ2n) is 2.42. The van der Waals surface area contributed by atoms with Crippen molar-refractivity contribution in [2.75, 3.05) is 7.11 Å². The molecule has 68 valence electrons. The second-order valence-corrected chi connectivity index (χ2v) is 2.42. The summed E-state index contributed by atoms with van der Waals surface area (Å²) in [6, 6.07) is 0. The Bertz CT molecular complexity index is 164. The maximum absolute atomic E-state index is 4.53. The van der Waals surface area contributed by atoms with Crippen LogP contribution in [0.4, 0.5) is 0 Å². The van der Waals surface area contributed by atoms with Crippen molar-refractivity contribution in [1.82, 2.24) is 0 Å². The first-order valence-corrected chi connectivity index (χ1v) is 4.42. The first kappa shape index (κ1) is 11.0. The molecule has 0 saturated heterocycles. The number of nitrogens with zero attached hydrogens (tertiary/aromatic N) is 1. The number of hydrogen-bond donors (Lipinski definition) is 0. The van der Waals surface area contributed by atoms with E-state index in [0.717, 1.165) is 32.1 Å². The summed E-state index contributed by atoms with van der Waals surface area (Å²) in [4.78, 5) is 4.53. The molecule has 0 aromatic rings. The largest absolute Gasteiger partial charge is 0.399 e. The Morgan fingerprint density at radius 1 is 1.33 bits per heavy atom. The lowest BCUT2D eigenvalue weighted by molar-refractivity contribution is 0.214. The van der Waals surface area contributed by atoms with Crippen LogP contribution in [0.2, 0.25) is 0 Å². The number of unbranched alkanes of at least 4 members (excludes halogenated alkanes) is 3. The molecule has 0 radical (unpaired) electrons. The maximum Gasteiger partial charge on any atom is 0.106 e. The normalized spacial score (nSPS) is 9.50. The third-order valence-electron chi connectivity index (χ3n) is 1.37. The van der Waals surface area contributed by atoms with E-state index in [-0.39, 0.29) is 0 Å². The Morgan fingerprint density at radius 2 is 2.17 bits per heavy atom. The van der Waals surface area contributed by atoms with Crippen LogP contribution >= 0.6 is 0 Å². The lowest BCUT2D eigenvalue weighted by Gasteiger charge is -1.90. The zero-order chi connectivity index (χ0) is 9.07. The van der Waals surface area contributed by atoms with Crippen LogP contribution in [0.5, 0.6) is 0 Å². The van der Waals surface area contributed by atoms with Gasteiger partial charge in [-0.15, -0.1) is 11.8 Å². The van der Waals surface area contributed by atoms with Crippen molar-refractivity contribution in [2.45, 2.75) is 39.0 Å². The van der Waals surface area contributed by atoms with E-state index in [9.17, 15) is 0 Å². The van der Waals surface area contributed by atoms with E-state index in [1.807, 2.05) is 0 Å². The molecule has 0 saturated carbocycles. The van der Waals surface area contributed by atoms with Crippen molar-refractivity contribution in [1.29, 1.82) is 0 Å². The van der Waals surface area contributed by atoms with Crippen molar-refractivity contribution < 1.29 is 4.84 Å². The molecule has 2 heteroatoms. The maximum atomic E-state index is 4.53. The zero-order valence-corrected chi connectivity index (χ0v) is 7.97. The topological polar surface area (TPSA) is 21.6 Å². The predicted octanol–water partition coefficient (Wildman–Crippen LogP) is 2.59. The summed E-state index contributed by atoms with van der Waals surface area (Å²) in [5.74, 6) is 6.14. The lowest BCUT2D eigenvalue weighted by Crippen LogP contribution is -1.78. The van der Waals surface area contributed by atoms with E-state index in [1.165, 1.54) is 0 Å². The molecule has 0 bridgehead atoms. The molecule has 0 unspecified atom stereocenters. The van der Waals surface area contributed by atoms with E-state index >= 15 is 0 Å². The molecular formula is C10H17NO. The fourth-order valence-electron chi connectivity index (χ4n) is 0.790. The van der Waals surface area contributed by atoms with Crippen molar-refractivity contribution in [3.05, 3.63) is 0 Å². The molecule has 2 nitrogen and oxygen atoms in total. The van der Waals surface area contributed by atoms with Gasteiger partial charge in [-0.05, 0) is 19.3 Å². The molecule has 0 aliphatic carbocycles. The molecule has 0 atom stereocenters. The van der Waals surface area contributed by atoms with Crippen LogP contribution in [-0.2, 0) is 4.84 Å². The van der Waals surface area contributed by atoms with Crippen LogP contribution in [0.25, 0.3) is 0 Å². The average Bonchev–Trinajstić information content (AvgIpc) is 2.10. The highest BCUT2D eigenvalue weighted by Gasteiger charge is 1.83. The zero-order valence-electron chi connectivity index (χ0n) is 7.97. The van der Waals surface area contributed by atoms with Gasteiger partial charge in [-0.2, -0.15) is 0 Å². The molecule has 0 rings (SSSR count). The van der Waals surface area contributed by atoms with Gasteiger partial charge in [0.1, 0.15) is 7.11 Å². The Labute approximate surface area is 75.0 Å². The molecule has 12 heavy (non-hydrogen) atoms. The molecule has 0 aliphatic heterocycles. The molecule has 0 amide bonds. The van der Waals surface area contributed by atoms with Crippen LogP contribution in [-0.4, -0.2) is 13.3 Å². The molecule has 0 heterocycles. The molecule has 0 aromatic carbocycles. The standard InChI is InChI=1S/C10H17NO/c1-3-4-5-6-7-8-9-10-11-12-2/h10H,3,6-9H2,1-2H3. The third-order valence-corrected chi connectivity index (χ3v) is 1.37. The number of oxime groups is 1. The predicted molar refractivity (Wildman–Crippen MR) is 52.0 cm³/mol. The summed E-state index contributed by atoms with van der Waals surface area (Å²) >= 11 is 0.